The maximum atomic E-state index is 13.0. The normalized spacial score (nSPS) is 21.2. The zero-order valence-electron chi connectivity index (χ0n) is 11.9. The Hall–Kier alpha value is -2.02. The van der Waals surface area contributed by atoms with Crippen LogP contribution < -0.4 is 10.6 Å². The number of aliphatic hydroxyl groups is 1. The number of halogens is 2. The average Bonchev–Trinajstić information content (AvgIpc) is 2.50. The Morgan fingerprint density at radius 1 is 1.14 bits per heavy atom. The van der Waals surface area contributed by atoms with Crippen molar-refractivity contribution in [1.82, 2.24) is 5.32 Å². The van der Waals surface area contributed by atoms with Crippen molar-refractivity contribution in [1.29, 1.82) is 0 Å². The highest BCUT2D eigenvalue weighted by molar-refractivity contribution is 6.39. The van der Waals surface area contributed by atoms with Crippen molar-refractivity contribution in [3.8, 4) is 0 Å². The second-order valence-corrected chi connectivity index (χ2v) is 5.40. The van der Waals surface area contributed by atoms with E-state index in [4.69, 9.17) is 0 Å². The van der Waals surface area contributed by atoms with Gasteiger partial charge in [-0.15, -0.1) is 0 Å². The van der Waals surface area contributed by atoms with Gasteiger partial charge in [0, 0.05) is 24.2 Å². The molecule has 0 spiro atoms. The number of carbonyl (C=O) groups is 2. The van der Waals surface area contributed by atoms with Gasteiger partial charge in [-0.1, -0.05) is 12.8 Å². The summed E-state index contributed by atoms with van der Waals surface area (Å²) in [6, 6.07) is 2.82. The van der Waals surface area contributed by atoms with Crippen LogP contribution in [0.2, 0.25) is 0 Å². The zero-order chi connectivity index (χ0) is 16.1. The highest BCUT2D eigenvalue weighted by atomic mass is 19.2. The summed E-state index contributed by atoms with van der Waals surface area (Å²) in [5, 5.41) is 14.4. The molecule has 1 aliphatic carbocycles. The first-order chi connectivity index (χ1) is 10.5. The number of nitrogens with one attached hydrogen (secondary N) is 2. The molecule has 2 amide bonds. The maximum absolute atomic E-state index is 13.0. The van der Waals surface area contributed by atoms with Crippen LogP contribution in [0.15, 0.2) is 18.2 Å². The lowest BCUT2D eigenvalue weighted by Crippen LogP contribution is -2.41. The van der Waals surface area contributed by atoms with E-state index in [0.717, 1.165) is 37.5 Å². The van der Waals surface area contributed by atoms with Crippen molar-refractivity contribution in [2.45, 2.75) is 31.8 Å². The second kappa shape index (κ2) is 7.31. The SMILES string of the molecule is O=C(NC[C@H]1CCCC[C@@H]1O)C(=O)Nc1ccc(F)c(F)c1. The van der Waals surface area contributed by atoms with Gasteiger partial charge >= 0.3 is 11.8 Å². The minimum atomic E-state index is -1.11. The van der Waals surface area contributed by atoms with Crippen LogP contribution in [-0.2, 0) is 9.59 Å². The number of amides is 2. The van der Waals surface area contributed by atoms with Gasteiger partial charge in [0.25, 0.3) is 0 Å². The molecule has 7 heteroatoms. The molecule has 0 radical (unpaired) electrons. The van der Waals surface area contributed by atoms with Crippen LogP contribution in [0, 0.1) is 17.6 Å². The molecule has 2 rings (SSSR count). The van der Waals surface area contributed by atoms with E-state index in [1.807, 2.05) is 0 Å². The van der Waals surface area contributed by atoms with Gasteiger partial charge < -0.3 is 15.7 Å². The lowest BCUT2D eigenvalue weighted by Gasteiger charge is -2.27. The molecule has 1 aromatic carbocycles. The molecule has 1 saturated carbocycles. The van der Waals surface area contributed by atoms with E-state index >= 15 is 0 Å². The molecule has 1 fully saturated rings. The summed E-state index contributed by atoms with van der Waals surface area (Å²) in [6.45, 7) is 0.213. The highest BCUT2D eigenvalue weighted by Gasteiger charge is 2.24. The zero-order valence-corrected chi connectivity index (χ0v) is 11.9. The van der Waals surface area contributed by atoms with Crippen molar-refractivity contribution in [2.24, 2.45) is 5.92 Å². The van der Waals surface area contributed by atoms with Crippen LogP contribution in [0.5, 0.6) is 0 Å². The standard InChI is InChI=1S/C15H18F2N2O3/c16-11-6-5-10(7-12(11)17)19-15(22)14(21)18-8-9-3-1-2-4-13(9)20/h5-7,9,13,20H,1-4,8H2,(H,18,21)(H,19,22)/t9-,13+/m1/s1. The second-order valence-electron chi connectivity index (χ2n) is 5.40. The molecular weight excluding hydrogens is 294 g/mol. The number of benzene rings is 1. The fourth-order valence-electron chi connectivity index (χ4n) is 2.49. The van der Waals surface area contributed by atoms with Crippen molar-refractivity contribution in [3.63, 3.8) is 0 Å². The Bertz CT molecular complexity index is 566. The molecule has 0 heterocycles. The molecule has 1 aromatic rings. The van der Waals surface area contributed by atoms with Crippen molar-refractivity contribution in [3.05, 3.63) is 29.8 Å². The first kappa shape index (κ1) is 16.4. The first-order valence-electron chi connectivity index (χ1n) is 7.19. The molecule has 1 aliphatic rings. The summed E-state index contributed by atoms with van der Waals surface area (Å²) < 4.78 is 25.8. The molecular formula is C15H18F2N2O3. The van der Waals surface area contributed by atoms with Gasteiger partial charge in [0.2, 0.25) is 0 Å². The third-order valence-electron chi connectivity index (χ3n) is 3.78. The fourth-order valence-corrected chi connectivity index (χ4v) is 2.49. The molecule has 0 aromatic heterocycles. The van der Waals surface area contributed by atoms with Crippen molar-refractivity contribution < 1.29 is 23.5 Å². The van der Waals surface area contributed by atoms with Gasteiger partial charge in [0.15, 0.2) is 11.6 Å². The van der Waals surface area contributed by atoms with Gasteiger partial charge in [-0.25, -0.2) is 8.78 Å². The molecule has 0 saturated heterocycles. The van der Waals surface area contributed by atoms with Gasteiger partial charge in [-0.3, -0.25) is 9.59 Å². The predicted octanol–water partition coefficient (Wildman–Crippen LogP) is 1.57. The summed E-state index contributed by atoms with van der Waals surface area (Å²) in [7, 11) is 0. The third kappa shape index (κ3) is 4.24. The largest absolute Gasteiger partial charge is 0.393 e. The number of aliphatic hydroxyl groups excluding tert-OH is 1. The minimum Gasteiger partial charge on any atom is -0.393 e. The van der Waals surface area contributed by atoms with Gasteiger partial charge in [-0.2, -0.15) is 0 Å². The van der Waals surface area contributed by atoms with Crippen LogP contribution >= 0.6 is 0 Å². The Morgan fingerprint density at radius 3 is 2.55 bits per heavy atom. The molecule has 22 heavy (non-hydrogen) atoms. The molecule has 3 N–H and O–H groups in total. The summed E-state index contributed by atoms with van der Waals surface area (Å²) >= 11 is 0. The third-order valence-corrected chi connectivity index (χ3v) is 3.78. The van der Waals surface area contributed by atoms with Gasteiger partial charge in [0.05, 0.1) is 6.10 Å². The van der Waals surface area contributed by atoms with Crippen molar-refractivity contribution in [2.75, 3.05) is 11.9 Å². The van der Waals surface area contributed by atoms with Gasteiger partial charge in [0.1, 0.15) is 0 Å². The van der Waals surface area contributed by atoms with E-state index in [0.29, 0.717) is 6.42 Å². The number of carbonyl (C=O) groups excluding carboxylic acids is 2. The summed E-state index contributed by atoms with van der Waals surface area (Å²) in [4.78, 5) is 23.3. The number of hydrogen-bond donors (Lipinski definition) is 3. The lowest BCUT2D eigenvalue weighted by atomic mass is 9.86. The van der Waals surface area contributed by atoms with E-state index in [1.54, 1.807) is 0 Å². The Balaban J connectivity index is 1.84. The van der Waals surface area contributed by atoms with E-state index in [1.165, 1.54) is 0 Å². The average molecular weight is 312 g/mol. The summed E-state index contributed by atoms with van der Waals surface area (Å²) in [6.07, 6.45) is 2.97. The van der Waals surface area contributed by atoms with Crippen LogP contribution in [0.3, 0.4) is 0 Å². The first-order valence-corrected chi connectivity index (χ1v) is 7.19. The van der Waals surface area contributed by atoms with Gasteiger partial charge in [-0.05, 0) is 25.0 Å². The Kier molecular flexibility index (Phi) is 5.43. The molecule has 0 bridgehead atoms. The predicted molar refractivity (Wildman–Crippen MR) is 76.0 cm³/mol. The van der Waals surface area contributed by atoms with Crippen LogP contribution in [0.1, 0.15) is 25.7 Å². The van der Waals surface area contributed by atoms with Crippen LogP contribution in [0.25, 0.3) is 0 Å². The fraction of sp³-hybridized carbons (Fsp3) is 0.467. The molecule has 2 atom stereocenters. The van der Waals surface area contributed by atoms with E-state index in [-0.39, 0.29) is 18.2 Å². The molecule has 5 nitrogen and oxygen atoms in total. The quantitative estimate of drug-likeness (QED) is 0.741. The summed E-state index contributed by atoms with van der Waals surface area (Å²) in [5.41, 5.74) is -0.00301. The molecule has 0 unspecified atom stereocenters. The number of anilines is 1. The Morgan fingerprint density at radius 2 is 1.86 bits per heavy atom. The van der Waals surface area contributed by atoms with E-state index < -0.39 is 29.6 Å². The topological polar surface area (TPSA) is 78.4 Å². The van der Waals surface area contributed by atoms with E-state index in [2.05, 4.69) is 10.6 Å². The smallest absolute Gasteiger partial charge is 0.313 e. The molecule has 0 aliphatic heterocycles. The number of hydrogen-bond acceptors (Lipinski definition) is 3. The summed E-state index contributed by atoms with van der Waals surface area (Å²) in [5.74, 6) is -4.04. The highest BCUT2D eigenvalue weighted by Crippen LogP contribution is 2.23. The monoisotopic (exact) mass is 312 g/mol. The minimum absolute atomic E-state index is 0.00301. The number of rotatable bonds is 3. The maximum Gasteiger partial charge on any atom is 0.313 e. The van der Waals surface area contributed by atoms with Crippen LogP contribution in [0.4, 0.5) is 14.5 Å². The van der Waals surface area contributed by atoms with Crippen LogP contribution in [-0.4, -0.2) is 29.6 Å². The Labute approximate surface area is 126 Å². The van der Waals surface area contributed by atoms with E-state index in [9.17, 15) is 23.5 Å². The lowest BCUT2D eigenvalue weighted by molar-refractivity contribution is -0.136. The van der Waals surface area contributed by atoms with Crippen molar-refractivity contribution >= 4 is 17.5 Å². The molecule has 120 valence electrons.